The quantitative estimate of drug-likeness (QED) is 0.850. The zero-order valence-electron chi connectivity index (χ0n) is 13.3. The predicted octanol–water partition coefficient (Wildman–Crippen LogP) is 3.90. The molecule has 0 aliphatic heterocycles. The van der Waals surface area contributed by atoms with Gasteiger partial charge in [-0.15, -0.1) is 0 Å². The van der Waals surface area contributed by atoms with Gasteiger partial charge in [-0.05, 0) is 18.8 Å². The highest BCUT2D eigenvalue weighted by Crippen LogP contribution is 2.29. The Morgan fingerprint density at radius 1 is 1.38 bits per heavy atom. The van der Waals surface area contributed by atoms with Crippen molar-refractivity contribution in [2.24, 2.45) is 5.92 Å². The number of hydrogen-bond donors (Lipinski definition) is 0. The maximum atomic E-state index is 12.7. The lowest BCUT2D eigenvalue weighted by molar-refractivity contribution is 0.0622. The van der Waals surface area contributed by atoms with E-state index in [-0.39, 0.29) is 17.9 Å². The summed E-state index contributed by atoms with van der Waals surface area (Å²) >= 11 is 6.14. The van der Waals surface area contributed by atoms with Gasteiger partial charge in [0.25, 0.3) is 5.91 Å². The molecule has 1 fully saturated rings. The number of rotatable bonds is 3. The molecule has 2 atom stereocenters. The molecule has 0 aromatic carbocycles. The number of carbonyl (C=O) groups excluding carboxylic acids is 1. The van der Waals surface area contributed by atoms with E-state index < -0.39 is 0 Å². The Bertz CT molecular complexity index is 518. The summed E-state index contributed by atoms with van der Waals surface area (Å²) in [6.07, 6.45) is 6.21. The van der Waals surface area contributed by atoms with Crippen LogP contribution in [-0.4, -0.2) is 33.9 Å². The normalized spacial score (nSPS) is 22.4. The van der Waals surface area contributed by atoms with E-state index in [1.54, 1.807) is 0 Å². The summed E-state index contributed by atoms with van der Waals surface area (Å²) in [5, 5.41) is 0.333. The van der Waals surface area contributed by atoms with E-state index in [2.05, 4.69) is 16.9 Å². The molecule has 1 aromatic heterocycles. The molecular weight excluding hydrogens is 286 g/mol. The molecule has 116 valence electrons. The van der Waals surface area contributed by atoms with Crippen molar-refractivity contribution in [3.05, 3.63) is 22.7 Å². The minimum absolute atomic E-state index is 0.0944. The molecule has 4 nitrogen and oxygen atoms in total. The van der Waals surface area contributed by atoms with Gasteiger partial charge in [-0.2, -0.15) is 0 Å². The molecule has 2 rings (SSSR count). The monoisotopic (exact) mass is 309 g/mol. The van der Waals surface area contributed by atoms with Crippen LogP contribution in [0.5, 0.6) is 0 Å². The average molecular weight is 310 g/mol. The van der Waals surface area contributed by atoms with Gasteiger partial charge in [0.1, 0.15) is 5.82 Å². The predicted molar refractivity (Wildman–Crippen MR) is 84.6 cm³/mol. The summed E-state index contributed by atoms with van der Waals surface area (Å²) in [7, 11) is 1.86. The summed E-state index contributed by atoms with van der Waals surface area (Å²) in [5.74, 6) is 1.27. The first-order chi connectivity index (χ1) is 9.91. The third-order valence-electron chi connectivity index (χ3n) is 4.37. The van der Waals surface area contributed by atoms with Gasteiger partial charge in [0.2, 0.25) is 0 Å². The van der Waals surface area contributed by atoms with Crippen LogP contribution < -0.4 is 0 Å². The summed E-state index contributed by atoms with van der Waals surface area (Å²) in [6, 6.07) is 0.278. The standard InChI is InChI=1S/C16H24ClN3O/c1-10(2)15-18-9-12(17)14(19-15)16(21)20(4)13-8-6-5-7-11(13)3/h9-11,13H,5-8H2,1-4H3. The Morgan fingerprint density at radius 3 is 2.67 bits per heavy atom. The lowest BCUT2D eigenvalue weighted by Crippen LogP contribution is -2.43. The van der Waals surface area contributed by atoms with E-state index in [1.807, 2.05) is 25.8 Å². The van der Waals surface area contributed by atoms with E-state index in [0.717, 1.165) is 6.42 Å². The van der Waals surface area contributed by atoms with Crippen LogP contribution in [0.4, 0.5) is 0 Å². The van der Waals surface area contributed by atoms with Crippen molar-refractivity contribution in [3.63, 3.8) is 0 Å². The van der Waals surface area contributed by atoms with Crippen molar-refractivity contribution in [2.75, 3.05) is 7.05 Å². The molecule has 0 N–H and O–H groups in total. The van der Waals surface area contributed by atoms with Crippen LogP contribution in [0.1, 0.15) is 68.7 Å². The zero-order valence-corrected chi connectivity index (χ0v) is 14.0. The Morgan fingerprint density at radius 2 is 2.05 bits per heavy atom. The molecule has 0 bridgehead atoms. The Balaban J connectivity index is 2.24. The molecule has 1 aliphatic rings. The largest absolute Gasteiger partial charge is 0.337 e. The third-order valence-corrected chi connectivity index (χ3v) is 4.64. The van der Waals surface area contributed by atoms with Gasteiger partial charge in [-0.1, -0.05) is 45.2 Å². The van der Waals surface area contributed by atoms with Crippen LogP contribution in [-0.2, 0) is 0 Å². The number of nitrogens with zero attached hydrogens (tertiary/aromatic N) is 3. The highest BCUT2D eigenvalue weighted by atomic mass is 35.5. The van der Waals surface area contributed by atoms with Gasteiger partial charge in [0, 0.05) is 19.0 Å². The van der Waals surface area contributed by atoms with E-state index in [1.165, 1.54) is 25.5 Å². The molecule has 1 aromatic rings. The Labute approximate surface area is 131 Å². The van der Waals surface area contributed by atoms with Gasteiger partial charge in [-0.3, -0.25) is 4.79 Å². The van der Waals surface area contributed by atoms with Gasteiger partial charge >= 0.3 is 0 Å². The number of carbonyl (C=O) groups is 1. The minimum atomic E-state index is -0.0944. The van der Waals surface area contributed by atoms with Crippen molar-refractivity contribution in [2.45, 2.75) is 58.4 Å². The fraction of sp³-hybridized carbons (Fsp3) is 0.688. The Hall–Kier alpha value is -1.16. The topological polar surface area (TPSA) is 46.1 Å². The van der Waals surface area contributed by atoms with E-state index in [0.29, 0.717) is 22.5 Å². The van der Waals surface area contributed by atoms with Gasteiger partial charge in [0.15, 0.2) is 5.69 Å². The zero-order chi connectivity index (χ0) is 15.6. The molecule has 1 aliphatic carbocycles. The molecule has 0 saturated heterocycles. The molecule has 0 radical (unpaired) electrons. The molecule has 1 amide bonds. The number of hydrogen-bond acceptors (Lipinski definition) is 3. The van der Waals surface area contributed by atoms with E-state index in [4.69, 9.17) is 11.6 Å². The van der Waals surface area contributed by atoms with Crippen LogP contribution in [0.2, 0.25) is 5.02 Å². The lowest BCUT2D eigenvalue weighted by Gasteiger charge is -2.36. The van der Waals surface area contributed by atoms with Crippen molar-refractivity contribution in [3.8, 4) is 0 Å². The summed E-state index contributed by atoms with van der Waals surface area (Å²) < 4.78 is 0. The first-order valence-corrected chi connectivity index (χ1v) is 8.09. The van der Waals surface area contributed by atoms with Crippen LogP contribution in [0, 0.1) is 5.92 Å². The van der Waals surface area contributed by atoms with Crippen molar-refractivity contribution in [1.82, 2.24) is 14.9 Å². The third kappa shape index (κ3) is 3.54. The van der Waals surface area contributed by atoms with Crippen LogP contribution in [0.3, 0.4) is 0 Å². The smallest absolute Gasteiger partial charge is 0.274 e. The first-order valence-electron chi connectivity index (χ1n) is 7.71. The van der Waals surface area contributed by atoms with Crippen LogP contribution >= 0.6 is 11.6 Å². The number of halogens is 1. The fourth-order valence-electron chi connectivity index (χ4n) is 3.00. The summed E-state index contributed by atoms with van der Waals surface area (Å²) in [6.45, 7) is 6.23. The summed E-state index contributed by atoms with van der Waals surface area (Å²) in [4.78, 5) is 23.1. The second-order valence-corrected chi connectivity index (χ2v) is 6.73. The van der Waals surface area contributed by atoms with E-state index >= 15 is 0 Å². The molecule has 21 heavy (non-hydrogen) atoms. The second-order valence-electron chi connectivity index (χ2n) is 6.32. The Kier molecular flexibility index (Phi) is 5.20. The molecule has 1 saturated carbocycles. The number of aromatic nitrogens is 2. The first kappa shape index (κ1) is 16.2. The lowest BCUT2D eigenvalue weighted by atomic mass is 9.85. The molecule has 5 heteroatoms. The molecule has 1 heterocycles. The maximum absolute atomic E-state index is 12.7. The van der Waals surface area contributed by atoms with Gasteiger partial charge in [-0.25, -0.2) is 9.97 Å². The van der Waals surface area contributed by atoms with Gasteiger partial charge < -0.3 is 4.90 Å². The fourth-order valence-corrected chi connectivity index (χ4v) is 3.17. The summed E-state index contributed by atoms with van der Waals surface area (Å²) in [5.41, 5.74) is 0.329. The van der Waals surface area contributed by atoms with Crippen LogP contribution in [0.15, 0.2) is 6.20 Å². The highest BCUT2D eigenvalue weighted by molar-refractivity contribution is 6.33. The number of amides is 1. The van der Waals surface area contributed by atoms with Crippen molar-refractivity contribution in [1.29, 1.82) is 0 Å². The van der Waals surface area contributed by atoms with Crippen molar-refractivity contribution >= 4 is 17.5 Å². The minimum Gasteiger partial charge on any atom is -0.337 e. The maximum Gasteiger partial charge on any atom is 0.274 e. The molecule has 2 unspecified atom stereocenters. The van der Waals surface area contributed by atoms with E-state index in [9.17, 15) is 4.79 Å². The highest BCUT2D eigenvalue weighted by Gasteiger charge is 2.30. The SMILES string of the molecule is CC(C)c1ncc(Cl)c(C(=O)N(C)C2CCCCC2C)n1. The van der Waals surface area contributed by atoms with Gasteiger partial charge in [0.05, 0.1) is 11.2 Å². The van der Waals surface area contributed by atoms with Crippen LogP contribution in [0.25, 0.3) is 0 Å². The molecular formula is C16H24ClN3O. The van der Waals surface area contributed by atoms with Crippen molar-refractivity contribution < 1.29 is 4.79 Å². The molecule has 0 spiro atoms. The average Bonchev–Trinajstić information content (AvgIpc) is 2.46. The second kappa shape index (κ2) is 6.73.